The zero-order valence-electron chi connectivity index (χ0n) is 21.9. The average Bonchev–Trinajstić information content (AvgIpc) is 2.95. The van der Waals surface area contributed by atoms with Crippen molar-refractivity contribution in [1.29, 1.82) is 0 Å². The van der Waals surface area contributed by atoms with Gasteiger partial charge in [-0.2, -0.15) is 4.89 Å². The molecule has 0 bridgehead atoms. The molecule has 37 heavy (non-hydrogen) atoms. The number of benzene rings is 3. The maximum atomic E-state index is 10.7. The summed E-state index contributed by atoms with van der Waals surface area (Å²) in [5, 5.41) is 8.97. The molecule has 0 amide bonds. The van der Waals surface area contributed by atoms with Crippen molar-refractivity contribution in [2.75, 3.05) is 19.8 Å². The molecule has 0 fully saturated rings. The Bertz CT molecular complexity index is 1120. The molecule has 5 nitrogen and oxygen atoms in total. The molecule has 0 saturated heterocycles. The highest BCUT2D eigenvalue weighted by Crippen LogP contribution is 2.28. The van der Waals surface area contributed by atoms with E-state index in [0.717, 1.165) is 29.5 Å². The van der Waals surface area contributed by atoms with Crippen LogP contribution in [0.25, 0.3) is 22.3 Å². The van der Waals surface area contributed by atoms with Crippen LogP contribution in [0.1, 0.15) is 55.7 Å². The zero-order chi connectivity index (χ0) is 26.5. The van der Waals surface area contributed by atoms with Gasteiger partial charge >= 0.3 is 0 Å². The lowest BCUT2D eigenvalue weighted by atomic mass is 9.93. The molecule has 3 rings (SSSR count). The third-order valence-electron chi connectivity index (χ3n) is 6.56. The fourth-order valence-corrected chi connectivity index (χ4v) is 4.37. The molecule has 196 valence electrons. The number of carbonyl (C=O) groups is 1. The van der Waals surface area contributed by atoms with Crippen LogP contribution in [-0.4, -0.2) is 31.4 Å². The van der Waals surface area contributed by atoms with E-state index in [9.17, 15) is 4.79 Å². The van der Waals surface area contributed by atoms with Crippen LogP contribution in [0.15, 0.2) is 79.1 Å². The van der Waals surface area contributed by atoms with Crippen LogP contribution in [0.2, 0.25) is 0 Å². The number of hydrogen-bond acceptors (Lipinski definition) is 5. The Hall–Kier alpha value is -3.41. The van der Waals surface area contributed by atoms with Gasteiger partial charge in [0.15, 0.2) is 5.76 Å². The first-order valence-electron chi connectivity index (χ1n) is 13.1. The standard InChI is InChI=1S/C32H38O5/c1-4-6-7-8-26-17-18-31(19-25(26)5-2)29-13-9-27(10-14-29)28-11-15-30(16-12-28)32(21-35-23-34)22-36-37-24(3)20-33/h9-19,23,32-33H,3-8,20-22H2,1-2H3. The van der Waals surface area contributed by atoms with Crippen molar-refractivity contribution >= 4 is 6.47 Å². The van der Waals surface area contributed by atoms with Gasteiger partial charge in [-0.25, -0.2) is 0 Å². The number of carbonyl (C=O) groups excluding carboxylic acids is 1. The summed E-state index contributed by atoms with van der Waals surface area (Å²) in [6.07, 6.45) is 5.98. The van der Waals surface area contributed by atoms with Crippen molar-refractivity contribution in [3.8, 4) is 22.3 Å². The van der Waals surface area contributed by atoms with Crippen LogP contribution >= 0.6 is 0 Å². The quantitative estimate of drug-likeness (QED) is 0.0749. The molecule has 3 aromatic rings. The van der Waals surface area contributed by atoms with Crippen LogP contribution in [-0.2, 0) is 32.1 Å². The monoisotopic (exact) mass is 502 g/mol. The lowest BCUT2D eigenvalue weighted by Crippen LogP contribution is -2.15. The number of ether oxygens (including phenoxy) is 1. The number of unbranched alkanes of at least 4 members (excludes halogenated alkanes) is 2. The maximum absolute atomic E-state index is 10.7. The summed E-state index contributed by atoms with van der Waals surface area (Å²) in [5.41, 5.74) is 8.55. The van der Waals surface area contributed by atoms with Gasteiger partial charge in [0.25, 0.3) is 6.47 Å². The van der Waals surface area contributed by atoms with Gasteiger partial charge in [0, 0.05) is 5.92 Å². The summed E-state index contributed by atoms with van der Waals surface area (Å²) in [5.74, 6) is -0.103. The summed E-state index contributed by atoms with van der Waals surface area (Å²) in [6.45, 7) is 8.39. The SMILES string of the molecule is C=C(CO)OOCC(COC=O)c1ccc(-c2ccc(-c3ccc(CCCCC)c(CC)c3)cc2)cc1. The highest BCUT2D eigenvalue weighted by Gasteiger charge is 2.15. The summed E-state index contributed by atoms with van der Waals surface area (Å²) < 4.78 is 4.96. The molecule has 0 aliphatic carbocycles. The van der Waals surface area contributed by atoms with Crippen molar-refractivity contribution in [2.24, 2.45) is 0 Å². The smallest absolute Gasteiger partial charge is 0.293 e. The molecule has 0 aliphatic heterocycles. The van der Waals surface area contributed by atoms with Crippen molar-refractivity contribution in [2.45, 2.75) is 51.9 Å². The lowest BCUT2D eigenvalue weighted by molar-refractivity contribution is -0.269. The predicted molar refractivity (Wildman–Crippen MR) is 148 cm³/mol. The van der Waals surface area contributed by atoms with E-state index in [1.165, 1.54) is 41.5 Å². The lowest BCUT2D eigenvalue weighted by Gasteiger charge is -2.17. The van der Waals surface area contributed by atoms with Gasteiger partial charge in [-0.3, -0.25) is 4.79 Å². The first kappa shape index (κ1) is 28.2. The molecule has 5 heteroatoms. The van der Waals surface area contributed by atoms with E-state index in [1.54, 1.807) is 0 Å². The van der Waals surface area contributed by atoms with Crippen molar-refractivity contribution < 1.29 is 24.4 Å². The van der Waals surface area contributed by atoms with E-state index < -0.39 is 0 Å². The molecule has 1 N–H and O–H groups in total. The molecule has 0 spiro atoms. The maximum Gasteiger partial charge on any atom is 0.293 e. The molecule has 1 atom stereocenters. The summed E-state index contributed by atoms with van der Waals surface area (Å²) in [7, 11) is 0. The molecule has 0 aromatic heterocycles. The van der Waals surface area contributed by atoms with Crippen molar-refractivity contribution in [1.82, 2.24) is 0 Å². The van der Waals surface area contributed by atoms with Crippen molar-refractivity contribution in [3.05, 3.63) is 95.8 Å². The Labute approximate surface area is 220 Å². The Morgan fingerprint density at radius 3 is 2.08 bits per heavy atom. The van der Waals surface area contributed by atoms with E-state index >= 15 is 0 Å². The van der Waals surface area contributed by atoms with E-state index in [-0.39, 0.29) is 31.5 Å². The van der Waals surface area contributed by atoms with Gasteiger partial charge in [-0.15, -0.1) is 0 Å². The molecular formula is C32H38O5. The van der Waals surface area contributed by atoms with Gasteiger partial charge in [-0.05, 0) is 58.2 Å². The van der Waals surface area contributed by atoms with Gasteiger partial charge in [0.05, 0.1) is 0 Å². The third-order valence-corrected chi connectivity index (χ3v) is 6.56. The molecule has 1 unspecified atom stereocenters. The Morgan fingerprint density at radius 1 is 0.865 bits per heavy atom. The second-order valence-corrected chi connectivity index (χ2v) is 9.18. The first-order chi connectivity index (χ1) is 18.1. The van der Waals surface area contributed by atoms with Gasteiger partial charge < -0.3 is 14.7 Å². The van der Waals surface area contributed by atoms with Crippen LogP contribution in [0, 0.1) is 0 Å². The summed E-state index contributed by atoms with van der Waals surface area (Å²) in [4.78, 5) is 20.8. The topological polar surface area (TPSA) is 65.0 Å². The number of aliphatic hydroxyl groups is 1. The third kappa shape index (κ3) is 8.31. The first-order valence-corrected chi connectivity index (χ1v) is 13.1. The largest absolute Gasteiger partial charge is 0.467 e. The summed E-state index contributed by atoms with van der Waals surface area (Å²) in [6, 6.07) is 23.6. The molecular weight excluding hydrogens is 464 g/mol. The van der Waals surface area contributed by atoms with E-state index in [2.05, 4.69) is 62.9 Å². The Balaban J connectivity index is 1.70. The fourth-order valence-electron chi connectivity index (χ4n) is 4.37. The van der Waals surface area contributed by atoms with E-state index in [4.69, 9.17) is 19.6 Å². The van der Waals surface area contributed by atoms with Crippen LogP contribution < -0.4 is 0 Å². The molecule has 0 radical (unpaired) electrons. The minimum Gasteiger partial charge on any atom is -0.467 e. The minimum atomic E-state index is -0.326. The average molecular weight is 503 g/mol. The highest BCUT2D eigenvalue weighted by atomic mass is 17.2. The van der Waals surface area contributed by atoms with Crippen LogP contribution in [0.4, 0.5) is 0 Å². The van der Waals surface area contributed by atoms with E-state index in [1.807, 2.05) is 24.3 Å². The second kappa shape index (κ2) is 15.0. The van der Waals surface area contributed by atoms with Crippen LogP contribution in [0.5, 0.6) is 0 Å². The highest BCUT2D eigenvalue weighted by molar-refractivity contribution is 5.71. The van der Waals surface area contributed by atoms with Crippen molar-refractivity contribution in [3.63, 3.8) is 0 Å². The molecule has 0 aliphatic rings. The number of aryl methyl sites for hydroxylation is 2. The molecule has 0 heterocycles. The normalized spacial score (nSPS) is 11.6. The molecule has 0 saturated carbocycles. The van der Waals surface area contributed by atoms with Gasteiger partial charge in [0.2, 0.25) is 0 Å². The van der Waals surface area contributed by atoms with E-state index in [0.29, 0.717) is 6.47 Å². The minimum absolute atomic E-state index is 0.114. The predicted octanol–water partition coefficient (Wildman–Crippen LogP) is 7.03. The number of aliphatic hydroxyl groups excluding tert-OH is 1. The zero-order valence-corrected chi connectivity index (χ0v) is 21.9. The second-order valence-electron chi connectivity index (χ2n) is 9.18. The van der Waals surface area contributed by atoms with Gasteiger partial charge in [-0.1, -0.05) is 100.0 Å². The Morgan fingerprint density at radius 2 is 1.49 bits per heavy atom. The number of rotatable bonds is 16. The van der Waals surface area contributed by atoms with Gasteiger partial charge in [0.1, 0.15) is 19.8 Å². The molecule has 3 aromatic carbocycles. The number of hydrogen-bond donors (Lipinski definition) is 1. The fraction of sp³-hybridized carbons (Fsp3) is 0.344. The Kier molecular flexibility index (Phi) is 11.4. The summed E-state index contributed by atoms with van der Waals surface area (Å²) >= 11 is 0. The van der Waals surface area contributed by atoms with Crippen LogP contribution in [0.3, 0.4) is 0 Å².